The summed E-state index contributed by atoms with van der Waals surface area (Å²) in [6.45, 7) is 6.51. The number of carbonyl (C=O) groups is 2. The summed E-state index contributed by atoms with van der Waals surface area (Å²) in [5.41, 5.74) is 2.09. The fourth-order valence-corrected chi connectivity index (χ4v) is 2.49. The quantitative estimate of drug-likeness (QED) is 0.808. The Bertz CT molecular complexity index is 811. The first-order valence-corrected chi connectivity index (χ1v) is 8.73. The van der Waals surface area contributed by atoms with Crippen LogP contribution in [0.5, 0.6) is 5.75 Å². The van der Waals surface area contributed by atoms with Gasteiger partial charge in [0.2, 0.25) is 5.91 Å². The van der Waals surface area contributed by atoms with Crippen LogP contribution in [0.2, 0.25) is 0 Å². The molecule has 2 aromatic rings. The van der Waals surface area contributed by atoms with Crippen molar-refractivity contribution in [2.45, 2.75) is 32.6 Å². The summed E-state index contributed by atoms with van der Waals surface area (Å²) in [6.07, 6.45) is 0.0896. The molecule has 2 aromatic carbocycles. The Balaban J connectivity index is 1.85. The van der Waals surface area contributed by atoms with E-state index in [9.17, 15) is 14.0 Å². The first-order valence-electron chi connectivity index (χ1n) is 8.73. The lowest BCUT2D eigenvalue weighted by atomic mass is 9.87. The van der Waals surface area contributed by atoms with E-state index in [0.29, 0.717) is 11.3 Å². The third-order valence-electron chi connectivity index (χ3n) is 4.09. The van der Waals surface area contributed by atoms with Crippen molar-refractivity contribution < 1.29 is 18.7 Å². The Morgan fingerprint density at radius 1 is 1.07 bits per heavy atom. The number of halogens is 1. The molecule has 0 atom stereocenters. The van der Waals surface area contributed by atoms with Crippen molar-refractivity contribution in [1.29, 1.82) is 0 Å². The molecular formula is C21H25FN2O3. The third kappa shape index (κ3) is 5.81. The van der Waals surface area contributed by atoms with Gasteiger partial charge in [-0.15, -0.1) is 0 Å². The Labute approximate surface area is 158 Å². The zero-order valence-electron chi connectivity index (χ0n) is 16.1. The summed E-state index contributed by atoms with van der Waals surface area (Å²) in [4.78, 5) is 24.2. The van der Waals surface area contributed by atoms with Crippen LogP contribution in [0.3, 0.4) is 0 Å². The summed E-state index contributed by atoms with van der Waals surface area (Å²) >= 11 is 0. The number of rotatable bonds is 6. The molecule has 0 bridgehead atoms. The van der Waals surface area contributed by atoms with Crippen LogP contribution in [0.4, 0.5) is 10.1 Å². The van der Waals surface area contributed by atoms with E-state index >= 15 is 0 Å². The molecule has 0 aliphatic heterocycles. The number of benzene rings is 2. The molecule has 0 heterocycles. The lowest BCUT2D eigenvalue weighted by Gasteiger charge is -2.19. The number of methoxy groups -OCH3 is 1. The zero-order valence-corrected chi connectivity index (χ0v) is 16.1. The molecule has 27 heavy (non-hydrogen) atoms. The van der Waals surface area contributed by atoms with Crippen LogP contribution in [-0.2, 0) is 10.2 Å². The minimum atomic E-state index is -0.449. The maximum absolute atomic E-state index is 13.2. The average molecular weight is 372 g/mol. The summed E-state index contributed by atoms with van der Waals surface area (Å²) in [5.74, 6) is -0.744. The summed E-state index contributed by atoms with van der Waals surface area (Å²) in [5, 5.41) is 5.36. The number of anilines is 1. The lowest BCUT2D eigenvalue weighted by molar-refractivity contribution is -0.116. The minimum Gasteiger partial charge on any atom is -0.494 e. The predicted molar refractivity (Wildman–Crippen MR) is 104 cm³/mol. The van der Waals surface area contributed by atoms with Gasteiger partial charge in [-0.25, -0.2) is 4.39 Å². The predicted octanol–water partition coefficient (Wildman–Crippen LogP) is 3.89. The van der Waals surface area contributed by atoms with E-state index in [2.05, 4.69) is 31.4 Å². The second kappa shape index (κ2) is 8.66. The smallest absolute Gasteiger partial charge is 0.251 e. The molecule has 0 aliphatic carbocycles. The lowest BCUT2D eigenvalue weighted by Crippen LogP contribution is -2.27. The Kier molecular flexibility index (Phi) is 6.55. The summed E-state index contributed by atoms with van der Waals surface area (Å²) < 4.78 is 18.2. The number of carbonyl (C=O) groups excluding carboxylic acids is 2. The van der Waals surface area contributed by atoms with E-state index in [1.165, 1.54) is 25.3 Å². The molecule has 0 unspecified atom stereocenters. The van der Waals surface area contributed by atoms with Crippen LogP contribution in [0.25, 0.3) is 0 Å². The highest BCUT2D eigenvalue weighted by molar-refractivity contribution is 5.95. The van der Waals surface area contributed by atoms with E-state index < -0.39 is 5.82 Å². The fourth-order valence-electron chi connectivity index (χ4n) is 2.49. The second-order valence-electron chi connectivity index (χ2n) is 7.23. The van der Waals surface area contributed by atoms with Crippen molar-refractivity contribution in [3.8, 4) is 5.75 Å². The molecule has 5 nitrogen and oxygen atoms in total. The van der Waals surface area contributed by atoms with Crippen molar-refractivity contribution in [2.75, 3.05) is 19.0 Å². The molecule has 0 aromatic heterocycles. The van der Waals surface area contributed by atoms with Crippen molar-refractivity contribution in [3.05, 3.63) is 59.4 Å². The molecule has 2 rings (SSSR count). The SMILES string of the molecule is COc1cc(F)ccc1NC(=O)CCNC(=O)c1ccc(C(C)(C)C)cc1. The molecule has 144 valence electrons. The second-order valence-corrected chi connectivity index (χ2v) is 7.23. The van der Waals surface area contributed by atoms with E-state index in [1.807, 2.05) is 12.1 Å². The van der Waals surface area contributed by atoms with Gasteiger partial charge in [0.05, 0.1) is 12.8 Å². The van der Waals surface area contributed by atoms with Gasteiger partial charge in [0, 0.05) is 24.6 Å². The van der Waals surface area contributed by atoms with Crippen molar-refractivity contribution >= 4 is 17.5 Å². The Morgan fingerprint density at radius 3 is 2.33 bits per heavy atom. The van der Waals surface area contributed by atoms with Gasteiger partial charge in [0.25, 0.3) is 5.91 Å². The van der Waals surface area contributed by atoms with Gasteiger partial charge < -0.3 is 15.4 Å². The zero-order chi connectivity index (χ0) is 20.0. The summed E-state index contributed by atoms with van der Waals surface area (Å²) in [6, 6.07) is 11.3. The van der Waals surface area contributed by atoms with Crippen LogP contribution in [0, 0.1) is 5.82 Å². The van der Waals surface area contributed by atoms with Gasteiger partial charge in [-0.3, -0.25) is 9.59 Å². The van der Waals surface area contributed by atoms with Crippen LogP contribution >= 0.6 is 0 Å². The number of hydrogen-bond acceptors (Lipinski definition) is 3. The van der Waals surface area contributed by atoms with Gasteiger partial charge in [0.1, 0.15) is 11.6 Å². The molecule has 0 aliphatic rings. The van der Waals surface area contributed by atoms with E-state index in [0.717, 1.165) is 5.56 Å². The molecule has 2 N–H and O–H groups in total. The third-order valence-corrected chi connectivity index (χ3v) is 4.09. The maximum Gasteiger partial charge on any atom is 0.251 e. The summed E-state index contributed by atoms with van der Waals surface area (Å²) in [7, 11) is 1.40. The molecule has 0 radical (unpaired) electrons. The molecule has 2 amide bonds. The van der Waals surface area contributed by atoms with E-state index in [4.69, 9.17) is 4.74 Å². The molecule has 0 fully saturated rings. The first-order chi connectivity index (χ1) is 12.7. The van der Waals surface area contributed by atoms with Gasteiger partial charge in [0.15, 0.2) is 0 Å². The van der Waals surface area contributed by atoms with Gasteiger partial charge >= 0.3 is 0 Å². The van der Waals surface area contributed by atoms with Crippen LogP contribution < -0.4 is 15.4 Å². The average Bonchev–Trinajstić information content (AvgIpc) is 2.62. The van der Waals surface area contributed by atoms with Crippen molar-refractivity contribution in [1.82, 2.24) is 5.32 Å². The molecule has 0 saturated heterocycles. The number of nitrogens with one attached hydrogen (secondary N) is 2. The standard InChI is InChI=1S/C21H25FN2O3/c1-21(2,3)15-7-5-14(6-8-15)20(26)23-12-11-19(25)24-17-10-9-16(22)13-18(17)27-4/h5-10,13H,11-12H2,1-4H3,(H,23,26)(H,24,25). The van der Waals surface area contributed by atoms with Gasteiger partial charge in [-0.2, -0.15) is 0 Å². The molecule has 0 spiro atoms. The Hall–Kier alpha value is -2.89. The number of hydrogen-bond donors (Lipinski definition) is 2. The minimum absolute atomic E-state index is 0.0223. The van der Waals surface area contributed by atoms with E-state index in [-0.39, 0.29) is 35.9 Å². The van der Waals surface area contributed by atoms with E-state index in [1.54, 1.807) is 12.1 Å². The van der Waals surface area contributed by atoms with Crippen LogP contribution in [0.15, 0.2) is 42.5 Å². The van der Waals surface area contributed by atoms with Gasteiger partial charge in [-0.1, -0.05) is 32.9 Å². The number of ether oxygens (including phenoxy) is 1. The van der Waals surface area contributed by atoms with Crippen LogP contribution in [0.1, 0.15) is 43.1 Å². The normalized spacial score (nSPS) is 11.0. The maximum atomic E-state index is 13.2. The highest BCUT2D eigenvalue weighted by atomic mass is 19.1. The molecule has 0 saturated carbocycles. The van der Waals surface area contributed by atoms with Crippen molar-refractivity contribution in [2.24, 2.45) is 0 Å². The highest BCUT2D eigenvalue weighted by Crippen LogP contribution is 2.25. The van der Waals surface area contributed by atoms with Gasteiger partial charge in [-0.05, 0) is 35.2 Å². The molecule has 6 heteroatoms. The fraction of sp³-hybridized carbons (Fsp3) is 0.333. The Morgan fingerprint density at radius 2 is 1.74 bits per heavy atom. The van der Waals surface area contributed by atoms with Crippen molar-refractivity contribution in [3.63, 3.8) is 0 Å². The van der Waals surface area contributed by atoms with Crippen LogP contribution in [-0.4, -0.2) is 25.5 Å². The topological polar surface area (TPSA) is 67.4 Å². The monoisotopic (exact) mass is 372 g/mol. The number of amides is 2. The largest absolute Gasteiger partial charge is 0.494 e. The first kappa shape index (κ1) is 20.4. The highest BCUT2D eigenvalue weighted by Gasteiger charge is 2.14. The molecular weight excluding hydrogens is 347 g/mol.